The normalized spacial score (nSPS) is 12.4. The van der Waals surface area contributed by atoms with Crippen molar-refractivity contribution in [2.75, 3.05) is 0 Å². The molecule has 1 unspecified atom stereocenters. The molecule has 2 rings (SSSR count). The van der Waals surface area contributed by atoms with E-state index in [0.29, 0.717) is 17.3 Å². The van der Waals surface area contributed by atoms with E-state index in [1.165, 1.54) is 12.1 Å². The van der Waals surface area contributed by atoms with Gasteiger partial charge in [0.05, 0.1) is 4.47 Å². The molecule has 0 aliphatic carbocycles. The summed E-state index contributed by atoms with van der Waals surface area (Å²) in [4.78, 5) is 0.0893. The first-order valence-electron chi connectivity index (χ1n) is 5.91. The Morgan fingerprint density at radius 2 is 1.68 bits per heavy atom. The quantitative estimate of drug-likeness (QED) is 0.458. The molecule has 0 fully saturated rings. The average Bonchev–Trinajstić information content (AvgIpc) is 2.44. The maximum Gasteiger partial charge on any atom is 0.143 e. The second-order valence-electron chi connectivity index (χ2n) is 4.24. The van der Waals surface area contributed by atoms with E-state index in [1.54, 1.807) is 0 Å². The van der Waals surface area contributed by atoms with Crippen LogP contribution in [0.1, 0.15) is 22.4 Å². The highest BCUT2D eigenvalue weighted by Gasteiger charge is 2.14. The van der Waals surface area contributed by atoms with Gasteiger partial charge in [-0.25, -0.2) is 8.78 Å². The van der Waals surface area contributed by atoms with E-state index in [4.69, 9.17) is 0 Å². The fraction of sp³-hybridized carbons (Fsp3) is 0.200. The predicted octanol–water partition coefficient (Wildman–Crippen LogP) is 5.80. The predicted molar refractivity (Wildman–Crippen MR) is 80.5 cm³/mol. The van der Waals surface area contributed by atoms with Crippen LogP contribution in [0.3, 0.4) is 0 Å². The standard InChI is InChI=1S/C15H12Br2F2/c16-12(10-4-2-1-3-5-10)7-6-11-14(18)9-8-13(17)15(11)19/h1-5,8-9,12H,6-7H2. The van der Waals surface area contributed by atoms with E-state index in [0.717, 1.165) is 5.56 Å². The van der Waals surface area contributed by atoms with Crippen molar-refractivity contribution in [3.05, 3.63) is 69.7 Å². The van der Waals surface area contributed by atoms with Gasteiger partial charge in [0.25, 0.3) is 0 Å². The third-order valence-corrected chi connectivity index (χ3v) is 4.55. The van der Waals surface area contributed by atoms with Crippen LogP contribution < -0.4 is 0 Å². The van der Waals surface area contributed by atoms with Crippen LogP contribution >= 0.6 is 31.9 Å². The molecule has 0 amide bonds. The Morgan fingerprint density at radius 3 is 2.37 bits per heavy atom. The highest BCUT2D eigenvalue weighted by atomic mass is 79.9. The number of halogens is 4. The lowest BCUT2D eigenvalue weighted by atomic mass is 10.0. The van der Waals surface area contributed by atoms with Crippen LogP contribution in [0, 0.1) is 11.6 Å². The molecule has 2 aromatic carbocycles. The Balaban J connectivity index is 2.09. The molecule has 0 aliphatic rings. The minimum Gasteiger partial charge on any atom is -0.207 e. The molecule has 1 atom stereocenters. The molecule has 0 saturated heterocycles. The second-order valence-corrected chi connectivity index (χ2v) is 6.20. The number of hydrogen-bond donors (Lipinski definition) is 0. The first-order valence-corrected chi connectivity index (χ1v) is 7.62. The number of alkyl halides is 1. The van der Waals surface area contributed by atoms with Crippen LogP contribution in [-0.2, 0) is 6.42 Å². The summed E-state index contributed by atoms with van der Waals surface area (Å²) in [5, 5.41) is 0. The third kappa shape index (κ3) is 3.63. The minimum absolute atomic E-state index is 0.0893. The Kier molecular flexibility index (Phi) is 5.11. The summed E-state index contributed by atoms with van der Waals surface area (Å²) in [6.07, 6.45) is 0.982. The third-order valence-electron chi connectivity index (χ3n) is 2.95. The summed E-state index contributed by atoms with van der Waals surface area (Å²) in [6, 6.07) is 12.5. The van der Waals surface area contributed by atoms with Crippen molar-refractivity contribution in [3.63, 3.8) is 0 Å². The van der Waals surface area contributed by atoms with Crippen LogP contribution in [0.15, 0.2) is 46.9 Å². The molecule has 0 spiro atoms. The van der Waals surface area contributed by atoms with E-state index in [-0.39, 0.29) is 10.4 Å². The molecule has 0 aromatic heterocycles. The Morgan fingerprint density at radius 1 is 1.00 bits per heavy atom. The van der Waals surface area contributed by atoms with Crippen molar-refractivity contribution < 1.29 is 8.78 Å². The zero-order valence-electron chi connectivity index (χ0n) is 10.0. The molecule has 0 nitrogen and oxygen atoms in total. The summed E-state index contributed by atoms with van der Waals surface area (Å²) in [5.41, 5.74) is 1.24. The van der Waals surface area contributed by atoms with E-state index in [2.05, 4.69) is 31.9 Å². The van der Waals surface area contributed by atoms with Crippen molar-refractivity contribution in [2.45, 2.75) is 17.7 Å². The van der Waals surface area contributed by atoms with Gasteiger partial charge < -0.3 is 0 Å². The fourth-order valence-electron chi connectivity index (χ4n) is 1.90. The molecule has 0 N–H and O–H groups in total. The lowest BCUT2D eigenvalue weighted by Gasteiger charge is -2.11. The molecule has 4 heteroatoms. The van der Waals surface area contributed by atoms with Gasteiger partial charge in [0, 0.05) is 10.4 Å². The van der Waals surface area contributed by atoms with Gasteiger partial charge in [0.2, 0.25) is 0 Å². The molecular weight excluding hydrogens is 378 g/mol. The van der Waals surface area contributed by atoms with Gasteiger partial charge in [-0.3, -0.25) is 0 Å². The Bertz CT molecular complexity index is 556. The molecule has 19 heavy (non-hydrogen) atoms. The maximum absolute atomic E-state index is 13.8. The highest BCUT2D eigenvalue weighted by molar-refractivity contribution is 9.10. The summed E-state index contributed by atoms with van der Waals surface area (Å²) < 4.78 is 27.7. The van der Waals surface area contributed by atoms with Gasteiger partial charge in [-0.1, -0.05) is 46.3 Å². The lowest BCUT2D eigenvalue weighted by Crippen LogP contribution is -2.00. The van der Waals surface area contributed by atoms with Gasteiger partial charge >= 0.3 is 0 Å². The van der Waals surface area contributed by atoms with Crippen LogP contribution in [0.25, 0.3) is 0 Å². The molecular formula is C15H12Br2F2. The minimum atomic E-state index is -0.507. The van der Waals surface area contributed by atoms with E-state index in [1.807, 2.05) is 30.3 Å². The average molecular weight is 390 g/mol. The van der Waals surface area contributed by atoms with Crippen molar-refractivity contribution in [1.82, 2.24) is 0 Å². The number of benzene rings is 2. The molecule has 0 bridgehead atoms. The molecule has 0 radical (unpaired) electrons. The summed E-state index contributed by atoms with van der Waals surface area (Å²) >= 11 is 6.63. The molecule has 0 aliphatic heterocycles. The Hall–Kier alpha value is -0.740. The maximum atomic E-state index is 13.8. The van der Waals surface area contributed by atoms with Crippen molar-refractivity contribution >= 4 is 31.9 Å². The zero-order valence-corrected chi connectivity index (χ0v) is 13.2. The lowest BCUT2D eigenvalue weighted by molar-refractivity contribution is 0.545. The largest absolute Gasteiger partial charge is 0.207 e. The van der Waals surface area contributed by atoms with Crippen LogP contribution in [-0.4, -0.2) is 0 Å². The summed E-state index contributed by atoms with van der Waals surface area (Å²) in [5.74, 6) is -0.999. The van der Waals surface area contributed by atoms with Crippen molar-refractivity contribution in [3.8, 4) is 0 Å². The van der Waals surface area contributed by atoms with E-state index >= 15 is 0 Å². The second kappa shape index (κ2) is 6.62. The van der Waals surface area contributed by atoms with E-state index < -0.39 is 11.6 Å². The SMILES string of the molecule is Fc1ccc(Br)c(F)c1CCC(Br)c1ccccc1. The smallest absolute Gasteiger partial charge is 0.143 e. The zero-order chi connectivity index (χ0) is 13.8. The van der Waals surface area contributed by atoms with Gasteiger partial charge in [0.15, 0.2) is 0 Å². The van der Waals surface area contributed by atoms with Gasteiger partial charge in [-0.2, -0.15) is 0 Å². The van der Waals surface area contributed by atoms with Gasteiger partial charge in [-0.15, -0.1) is 0 Å². The topological polar surface area (TPSA) is 0 Å². The molecule has 0 heterocycles. The van der Waals surface area contributed by atoms with Crippen LogP contribution in [0.5, 0.6) is 0 Å². The first kappa shape index (κ1) is 14.7. The molecule has 100 valence electrons. The number of hydrogen-bond acceptors (Lipinski definition) is 0. The van der Waals surface area contributed by atoms with Crippen molar-refractivity contribution in [2.24, 2.45) is 0 Å². The number of rotatable bonds is 4. The summed E-state index contributed by atoms with van der Waals surface area (Å²) in [6.45, 7) is 0. The fourth-order valence-corrected chi connectivity index (χ4v) is 2.80. The van der Waals surface area contributed by atoms with Crippen molar-refractivity contribution in [1.29, 1.82) is 0 Å². The van der Waals surface area contributed by atoms with Gasteiger partial charge in [0.1, 0.15) is 11.6 Å². The highest BCUT2D eigenvalue weighted by Crippen LogP contribution is 2.30. The van der Waals surface area contributed by atoms with Crippen LogP contribution in [0.2, 0.25) is 0 Å². The van der Waals surface area contributed by atoms with Crippen LogP contribution in [0.4, 0.5) is 8.78 Å². The molecule has 0 saturated carbocycles. The Labute approximate surface area is 128 Å². The monoisotopic (exact) mass is 388 g/mol. The van der Waals surface area contributed by atoms with E-state index in [9.17, 15) is 8.78 Å². The molecule has 2 aromatic rings. The summed E-state index contributed by atoms with van der Waals surface area (Å²) in [7, 11) is 0. The first-order chi connectivity index (χ1) is 9.09. The van der Waals surface area contributed by atoms with Gasteiger partial charge in [-0.05, 0) is 46.5 Å².